The highest BCUT2D eigenvalue weighted by atomic mass is 19.1. The number of ether oxygens (including phenoxy) is 2. The predicted molar refractivity (Wildman–Crippen MR) is 106 cm³/mol. The van der Waals surface area contributed by atoms with Crippen LogP contribution in [0.4, 0.5) is 10.1 Å². The van der Waals surface area contributed by atoms with Crippen LogP contribution in [0.15, 0.2) is 78.9 Å². The van der Waals surface area contributed by atoms with Crippen LogP contribution >= 0.6 is 0 Å². The van der Waals surface area contributed by atoms with Crippen molar-refractivity contribution >= 4 is 11.6 Å². The second-order valence-corrected chi connectivity index (χ2v) is 6.18. The first kappa shape index (κ1) is 19.5. The van der Waals surface area contributed by atoms with Gasteiger partial charge in [-0.05, 0) is 54.1 Å². The van der Waals surface area contributed by atoms with Gasteiger partial charge < -0.3 is 20.5 Å². The lowest BCUT2D eigenvalue weighted by atomic mass is 10.2. The van der Waals surface area contributed by atoms with Gasteiger partial charge >= 0.3 is 0 Å². The van der Waals surface area contributed by atoms with E-state index in [1.54, 1.807) is 36.4 Å². The summed E-state index contributed by atoms with van der Waals surface area (Å²) in [5.41, 5.74) is 7.49. The molecule has 28 heavy (non-hydrogen) atoms. The molecule has 0 spiro atoms. The van der Waals surface area contributed by atoms with Gasteiger partial charge in [0.2, 0.25) is 5.91 Å². The number of benzene rings is 3. The van der Waals surface area contributed by atoms with Gasteiger partial charge in [-0.25, -0.2) is 4.39 Å². The number of hydrogen-bond donors (Lipinski definition) is 2. The van der Waals surface area contributed by atoms with Crippen molar-refractivity contribution in [3.8, 4) is 11.5 Å². The molecule has 0 aliphatic carbocycles. The second kappa shape index (κ2) is 9.64. The molecule has 0 radical (unpaired) electrons. The van der Waals surface area contributed by atoms with Gasteiger partial charge in [-0.15, -0.1) is 0 Å². The minimum atomic E-state index is -0.779. The number of amides is 1. The van der Waals surface area contributed by atoms with Crippen molar-refractivity contribution in [3.05, 3.63) is 90.2 Å². The third kappa shape index (κ3) is 5.90. The van der Waals surface area contributed by atoms with Crippen molar-refractivity contribution in [2.24, 2.45) is 5.73 Å². The Labute approximate surface area is 162 Å². The van der Waals surface area contributed by atoms with E-state index >= 15 is 0 Å². The molecule has 144 valence electrons. The number of carbonyl (C=O) groups is 1. The fraction of sp³-hybridized carbons (Fsp3) is 0.136. The van der Waals surface area contributed by atoms with Crippen LogP contribution in [0.25, 0.3) is 0 Å². The molecule has 6 heteroatoms. The molecule has 0 aromatic heterocycles. The van der Waals surface area contributed by atoms with Gasteiger partial charge in [-0.1, -0.05) is 30.3 Å². The molecule has 0 bridgehead atoms. The van der Waals surface area contributed by atoms with Crippen LogP contribution in [0.2, 0.25) is 0 Å². The minimum Gasteiger partial charge on any atom is -0.457 e. The molecule has 1 atom stereocenters. The Morgan fingerprint density at radius 1 is 0.929 bits per heavy atom. The number of nitrogens with two attached hydrogens (primary N) is 1. The van der Waals surface area contributed by atoms with Crippen molar-refractivity contribution in [1.29, 1.82) is 0 Å². The molecule has 3 aromatic carbocycles. The standard InChI is InChI=1S/C22H21FN2O3/c23-17-6-10-19(11-7-17)28-20-12-8-18(9-13-20)25-22(26)21(24)15-27-14-16-4-2-1-3-5-16/h1-13,21H,14-15,24H2,(H,25,26). The number of halogens is 1. The number of anilines is 1. The molecule has 3 rings (SSSR count). The van der Waals surface area contributed by atoms with E-state index in [9.17, 15) is 9.18 Å². The monoisotopic (exact) mass is 380 g/mol. The average Bonchev–Trinajstić information content (AvgIpc) is 2.72. The summed E-state index contributed by atoms with van der Waals surface area (Å²) in [5, 5.41) is 2.74. The zero-order valence-electron chi connectivity index (χ0n) is 15.2. The summed E-state index contributed by atoms with van der Waals surface area (Å²) in [6.45, 7) is 0.518. The number of nitrogens with one attached hydrogen (secondary N) is 1. The molecular formula is C22H21FN2O3. The lowest BCUT2D eigenvalue weighted by Gasteiger charge is -2.13. The summed E-state index contributed by atoms with van der Waals surface area (Å²) in [4.78, 5) is 12.2. The molecular weight excluding hydrogens is 359 g/mol. The van der Waals surface area contributed by atoms with Crippen LogP contribution in [-0.4, -0.2) is 18.6 Å². The molecule has 1 unspecified atom stereocenters. The lowest BCUT2D eigenvalue weighted by molar-refractivity contribution is -0.118. The molecule has 1 amide bonds. The second-order valence-electron chi connectivity index (χ2n) is 6.18. The van der Waals surface area contributed by atoms with Crippen LogP contribution in [-0.2, 0) is 16.1 Å². The summed E-state index contributed by atoms with van der Waals surface area (Å²) in [5.74, 6) is 0.436. The van der Waals surface area contributed by atoms with Gasteiger partial charge in [0.15, 0.2) is 0 Å². The van der Waals surface area contributed by atoms with Crippen molar-refractivity contribution in [2.75, 3.05) is 11.9 Å². The molecule has 0 aliphatic heterocycles. The Morgan fingerprint density at radius 3 is 2.18 bits per heavy atom. The van der Waals surface area contributed by atoms with Gasteiger partial charge in [0.05, 0.1) is 13.2 Å². The molecule has 3 aromatic rings. The molecule has 0 aliphatic rings. The highest BCUT2D eigenvalue weighted by molar-refractivity contribution is 5.94. The first-order chi connectivity index (χ1) is 13.6. The molecule has 5 nitrogen and oxygen atoms in total. The van der Waals surface area contributed by atoms with E-state index in [0.717, 1.165) is 5.56 Å². The van der Waals surface area contributed by atoms with E-state index in [1.165, 1.54) is 12.1 Å². The highest BCUT2D eigenvalue weighted by Gasteiger charge is 2.14. The van der Waals surface area contributed by atoms with Crippen LogP contribution in [0.3, 0.4) is 0 Å². The van der Waals surface area contributed by atoms with Gasteiger partial charge in [0, 0.05) is 5.69 Å². The summed E-state index contributed by atoms with van der Waals surface area (Å²) < 4.78 is 24.0. The summed E-state index contributed by atoms with van der Waals surface area (Å²) in [7, 11) is 0. The lowest BCUT2D eigenvalue weighted by Crippen LogP contribution is -2.39. The molecule has 0 heterocycles. The normalized spacial score (nSPS) is 11.6. The quantitative estimate of drug-likeness (QED) is 0.617. The maximum Gasteiger partial charge on any atom is 0.243 e. The zero-order valence-corrected chi connectivity index (χ0v) is 15.2. The van der Waals surface area contributed by atoms with Crippen LogP contribution in [0.5, 0.6) is 11.5 Å². The van der Waals surface area contributed by atoms with E-state index in [0.29, 0.717) is 23.8 Å². The van der Waals surface area contributed by atoms with Crippen molar-refractivity contribution in [1.82, 2.24) is 0 Å². The minimum absolute atomic E-state index is 0.118. The number of hydrogen-bond acceptors (Lipinski definition) is 4. The largest absolute Gasteiger partial charge is 0.457 e. The number of carbonyl (C=O) groups excluding carboxylic acids is 1. The Morgan fingerprint density at radius 2 is 1.54 bits per heavy atom. The Balaban J connectivity index is 1.46. The topological polar surface area (TPSA) is 73.6 Å². The van der Waals surface area contributed by atoms with Gasteiger partial charge in [-0.3, -0.25) is 4.79 Å². The van der Waals surface area contributed by atoms with Crippen LogP contribution in [0, 0.1) is 5.82 Å². The third-order valence-corrected chi connectivity index (χ3v) is 3.92. The van der Waals surface area contributed by atoms with Gasteiger partial charge in [0.25, 0.3) is 0 Å². The van der Waals surface area contributed by atoms with Crippen molar-refractivity contribution in [2.45, 2.75) is 12.6 Å². The summed E-state index contributed by atoms with van der Waals surface area (Å²) in [6, 6.07) is 21.4. The fourth-order valence-electron chi connectivity index (χ4n) is 2.43. The Kier molecular flexibility index (Phi) is 6.73. The summed E-state index contributed by atoms with van der Waals surface area (Å²) >= 11 is 0. The van der Waals surface area contributed by atoms with Crippen molar-refractivity contribution < 1.29 is 18.7 Å². The van der Waals surface area contributed by atoms with E-state index in [-0.39, 0.29) is 18.3 Å². The SMILES string of the molecule is NC(COCc1ccccc1)C(=O)Nc1ccc(Oc2ccc(F)cc2)cc1. The smallest absolute Gasteiger partial charge is 0.243 e. The number of rotatable bonds is 8. The van der Waals surface area contributed by atoms with Crippen LogP contribution < -0.4 is 15.8 Å². The predicted octanol–water partition coefficient (Wildman–Crippen LogP) is 4.10. The Hall–Kier alpha value is -3.22. The molecule has 0 saturated carbocycles. The maximum absolute atomic E-state index is 12.9. The average molecular weight is 380 g/mol. The van der Waals surface area contributed by atoms with E-state index < -0.39 is 6.04 Å². The van der Waals surface area contributed by atoms with Crippen LogP contribution in [0.1, 0.15) is 5.56 Å². The molecule has 0 fully saturated rings. The highest BCUT2D eigenvalue weighted by Crippen LogP contribution is 2.23. The molecule has 0 saturated heterocycles. The molecule has 3 N–H and O–H groups in total. The maximum atomic E-state index is 12.9. The summed E-state index contributed by atoms with van der Waals surface area (Å²) in [6.07, 6.45) is 0. The fourth-order valence-corrected chi connectivity index (χ4v) is 2.43. The zero-order chi connectivity index (χ0) is 19.8. The first-order valence-corrected chi connectivity index (χ1v) is 8.82. The van der Waals surface area contributed by atoms with E-state index in [4.69, 9.17) is 15.2 Å². The van der Waals surface area contributed by atoms with E-state index in [1.807, 2.05) is 30.3 Å². The first-order valence-electron chi connectivity index (χ1n) is 8.82. The Bertz CT molecular complexity index is 884. The third-order valence-electron chi connectivity index (χ3n) is 3.92. The van der Waals surface area contributed by atoms with E-state index in [2.05, 4.69) is 5.32 Å². The van der Waals surface area contributed by atoms with Crippen molar-refractivity contribution in [3.63, 3.8) is 0 Å². The van der Waals surface area contributed by atoms with Gasteiger partial charge in [0.1, 0.15) is 23.4 Å². The van der Waals surface area contributed by atoms with Gasteiger partial charge in [-0.2, -0.15) is 0 Å².